The zero-order valence-corrected chi connectivity index (χ0v) is 13.1. The summed E-state index contributed by atoms with van der Waals surface area (Å²) in [4.78, 5) is 0.156. The molecule has 1 atom stereocenters. The Morgan fingerprint density at radius 3 is 2.90 bits per heavy atom. The van der Waals surface area contributed by atoms with Crippen molar-refractivity contribution in [3.05, 3.63) is 18.2 Å². The highest BCUT2D eigenvalue weighted by atomic mass is 32.2. The zero-order chi connectivity index (χ0) is 15.5. The van der Waals surface area contributed by atoms with Crippen molar-refractivity contribution in [1.29, 1.82) is 0 Å². The van der Waals surface area contributed by atoms with Gasteiger partial charge < -0.3 is 15.2 Å². The van der Waals surface area contributed by atoms with Gasteiger partial charge >= 0.3 is 0 Å². The van der Waals surface area contributed by atoms with Crippen LogP contribution in [0.25, 0.3) is 0 Å². The van der Waals surface area contributed by atoms with Crippen molar-refractivity contribution in [2.75, 3.05) is 25.1 Å². The van der Waals surface area contributed by atoms with Crippen LogP contribution in [-0.2, 0) is 10.0 Å². The van der Waals surface area contributed by atoms with Gasteiger partial charge in [-0.2, -0.15) is 0 Å². The van der Waals surface area contributed by atoms with E-state index in [1.54, 1.807) is 12.1 Å². The van der Waals surface area contributed by atoms with E-state index in [1.807, 2.05) is 13.8 Å². The Hall–Kier alpha value is -1.31. The lowest BCUT2D eigenvalue weighted by Crippen LogP contribution is -2.37. The van der Waals surface area contributed by atoms with E-state index in [-0.39, 0.29) is 17.5 Å². The molecule has 0 saturated heterocycles. The van der Waals surface area contributed by atoms with Crippen molar-refractivity contribution in [2.45, 2.75) is 31.2 Å². The van der Waals surface area contributed by atoms with E-state index in [1.165, 1.54) is 6.07 Å². The van der Waals surface area contributed by atoms with Gasteiger partial charge in [0.25, 0.3) is 0 Å². The molecule has 0 radical (unpaired) electrons. The number of nitrogens with one attached hydrogen (secondary N) is 2. The van der Waals surface area contributed by atoms with Gasteiger partial charge in [-0.3, -0.25) is 0 Å². The normalized spacial score (nSPS) is 20.5. The van der Waals surface area contributed by atoms with Gasteiger partial charge in [0.05, 0.1) is 12.6 Å². The minimum atomic E-state index is -3.56. The second-order valence-electron chi connectivity index (χ2n) is 5.57. The Morgan fingerprint density at radius 2 is 2.24 bits per heavy atom. The number of anilines is 1. The average molecular weight is 314 g/mol. The first-order valence-electron chi connectivity index (χ1n) is 7.06. The molecule has 1 aromatic rings. The van der Waals surface area contributed by atoms with E-state index in [4.69, 9.17) is 9.84 Å². The maximum Gasteiger partial charge on any atom is 0.244 e. The van der Waals surface area contributed by atoms with E-state index < -0.39 is 10.0 Å². The van der Waals surface area contributed by atoms with Gasteiger partial charge in [-0.05, 0) is 24.5 Å². The quantitative estimate of drug-likeness (QED) is 0.759. The second kappa shape index (κ2) is 6.64. The predicted molar refractivity (Wildman–Crippen MR) is 81.1 cm³/mol. The average Bonchev–Trinajstić information content (AvgIpc) is 2.52. The number of hydrogen-bond acceptors (Lipinski definition) is 5. The molecule has 1 aliphatic heterocycles. The first-order chi connectivity index (χ1) is 9.92. The van der Waals surface area contributed by atoms with Crippen LogP contribution in [0.15, 0.2) is 23.1 Å². The van der Waals surface area contributed by atoms with Crippen LogP contribution in [0.2, 0.25) is 0 Å². The molecule has 1 heterocycles. The molecule has 21 heavy (non-hydrogen) atoms. The minimum absolute atomic E-state index is 0.00819. The molecule has 0 saturated carbocycles. The van der Waals surface area contributed by atoms with Crippen LogP contribution < -0.4 is 14.8 Å². The molecule has 0 aromatic heterocycles. The highest BCUT2D eigenvalue weighted by molar-refractivity contribution is 7.89. The highest BCUT2D eigenvalue weighted by Crippen LogP contribution is 2.30. The first kappa shape index (κ1) is 16.1. The third kappa shape index (κ3) is 4.09. The van der Waals surface area contributed by atoms with Crippen molar-refractivity contribution in [2.24, 2.45) is 5.92 Å². The molecule has 118 valence electrons. The number of ether oxygens (including phenoxy) is 1. The van der Waals surface area contributed by atoms with Crippen LogP contribution in [-0.4, -0.2) is 39.3 Å². The molecule has 0 fully saturated rings. The van der Waals surface area contributed by atoms with Crippen LogP contribution in [0, 0.1) is 5.92 Å². The summed E-state index contributed by atoms with van der Waals surface area (Å²) in [6.07, 6.45) is 0.725. The van der Waals surface area contributed by atoms with Crippen LogP contribution in [0.4, 0.5) is 5.69 Å². The van der Waals surface area contributed by atoms with Crippen molar-refractivity contribution in [1.82, 2.24) is 4.72 Å². The lowest BCUT2D eigenvalue weighted by Gasteiger charge is -2.16. The molecule has 0 unspecified atom stereocenters. The molecular formula is C14H22N2O4S. The second-order valence-corrected chi connectivity index (χ2v) is 7.25. The lowest BCUT2D eigenvalue weighted by atomic mass is 10.1. The van der Waals surface area contributed by atoms with Gasteiger partial charge in [-0.1, -0.05) is 13.8 Å². The minimum Gasteiger partial charge on any atom is -0.490 e. The Kier molecular flexibility index (Phi) is 5.08. The Balaban J connectivity index is 2.25. The molecule has 0 spiro atoms. The summed E-state index contributed by atoms with van der Waals surface area (Å²) in [6, 6.07) is 4.62. The molecule has 0 aliphatic carbocycles. The monoisotopic (exact) mass is 314 g/mol. The molecule has 0 amide bonds. The summed E-state index contributed by atoms with van der Waals surface area (Å²) < 4.78 is 33.1. The van der Waals surface area contributed by atoms with Crippen LogP contribution >= 0.6 is 0 Å². The largest absolute Gasteiger partial charge is 0.490 e. The lowest BCUT2D eigenvalue weighted by molar-refractivity contribution is 0.262. The van der Waals surface area contributed by atoms with Gasteiger partial charge in [0.15, 0.2) is 0 Å². The topological polar surface area (TPSA) is 87.7 Å². The van der Waals surface area contributed by atoms with Crippen LogP contribution in [0.5, 0.6) is 5.75 Å². The summed E-state index contributed by atoms with van der Waals surface area (Å²) >= 11 is 0. The zero-order valence-electron chi connectivity index (χ0n) is 12.3. The molecule has 0 bridgehead atoms. The maximum absolute atomic E-state index is 12.4. The third-order valence-corrected chi connectivity index (χ3v) is 4.75. The number of aliphatic hydroxyl groups is 1. The predicted octanol–water partition coefficient (Wildman–Crippen LogP) is 1.18. The summed E-state index contributed by atoms with van der Waals surface area (Å²) in [5.41, 5.74) is 0.723. The molecule has 7 heteroatoms. The highest BCUT2D eigenvalue weighted by Gasteiger charge is 2.28. The van der Waals surface area contributed by atoms with E-state index in [0.29, 0.717) is 24.8 Å². The van der Waals surface area contributed by atoms with E-state index in [9.17, 15) is 8.42 Å². The Morgan fingerprint density at radius 1 is 1.48 bits per heavy atom. The van der Waals surface area contributed by atoms with Crippen molar-refractivity contribution >= 4 is 15.7 Å². The smallest absolute Gasteiger partial charge is 0.244 e. The SMILES string of the molecule is CC(C)C[C@H]1COc2cc(NCCO)ccc2S(=O)(=O)N1. The number of hydrogen-bond donors (Lipinski definition) is 3. The van der Waals surface area contributed by atoms with Crippen LogP contribution in [0.1, 0.15) is 20.3 Å². The van der Waals surface area contributed by atoms with Gasteiger partial charge in [-0.15, -0.1) is 0 Å². The Labute approximate surface area is 125 Å². The van der Waals surface area contributed by atoms with Gasteiger partial charge in [0, 0.05) is 18.3 Å². The number of sulfonamides is 1. The first-order valence-corrected chi connectivity index (χ1v) is 8.54. The molecule has 1 aromatic carbocycles. The van der Waals surface area contributed by atoms with Crippen molar-refractivity contribution in [3.63, 3.8) is 0 Å². The fraction of sp³-hybridized carbons (Fsp3) is 0.571. The Bertz CT molecular complexity index is 587. The molecular weight excluding hydrogens is 292 g/mol. The summed E-state index contributed by atoms with van der Waals surface area (Å²) in [7, 11) is -3.56. The van der Waals surface area contributed by atoms with Crippen molar-refractivity contribution < 1.29 is 18.3 Å². The third-order valence-electron chi connectivity index (χ3n) is 3.19. The summed E-state index contributed by atoms with van der Waals surface area (Å²) in [5.74, 6) is 0.723. The standard InChI is InChI=1S/C14H22N2O4S/c1-10(2)7-12-9-20-13-8-11(15-5-6-17)3-4-14(13)21(18,19)16-12/h3-4,8,10,12,15-17H,5-7,9H2,1-2H3/t12-/m0/s1. The molecule has 1 aliphatic rings. The van der Waals surface area contributed by atoms with Crippen molar-refractivity contribution in [3.8, 4) is 5.75 Å². The fourth-order valence-corrected chi connectivity index (χ4v) is 3.71. The van der Waals surface area contributed by atoms with Gasteiger partial charge in [0.2, 0.25) is 10.0 Å². The summed E-state index contributed by atoms with van der Waals surface area (Å²) in [6.45, 7) is 4.81. The fourth-order valence-electron chi connectivity index (χ4n) is 2.35. The van der Waals surface area contributed by atoms with Gasteiger partial charge in [-0.25, -0.2) is 13.1 Å². The van der Waals surface area contributed by atoms with E-state index in [0.717, 1.165) is 12.1 Å². The molecule has 3 N–H and O–H groups in total. The van der Waals surface area contributed by atoms with Crippen LogP contribution in [0.3, 0.4) is 0 Å². The van der Waals surface area contributed by atoms with Gasteiger partial charge in [0.1, 0.15) is 17.3 Å². The summed E-state index contributed by atoms with van der Waals surface area (Å²) in [5, 5.41) is 11.8. The number of aliphatic hydroxyl groups excluding tert-OH is 1. The van der Waals surface area contributed by atoms with E-state index >= 15 is 0 Å². The molecule has 6 nitrogen and oxygen atoms in total. The maximum atomic E-state index is 12.4. The number of fused-ring (bicyclic) bond motifs is 1. The number of rotatable bonds is 5. The molecule has 2 rings (SSSR count). The van der Waals surface area contributed by atoms with E-state index in [2.05, 4.69) is 10.0 Å². The number of benzene rings is 1.